The molecule has 0 aliphatic rings. The molecule has 4 nitrogen and oxygen atoms in total. The summed E-state index contributed by atoms with van der Waals surface area (Å²) < 4.78 is 24.8. The molecule has 2 aromatic rings. The van der Waals surface area contributed by atoms with Gasteiger partial charge in [-0.1, -0.05) is 60.7 Å². The van der Waals surface area contributed by atoms with E-state index in [1.54, 1.807) is 60.7 Å². The van der Waals surface area contributed by atoms with Crippen LogP contribution in [0.25, 0.3) is 0 Å². The lowest BCUT2D eigenvalue weighted by molar-refractivity contribution is 0.571. The number of benzene rings is 2. The molecule has 0 fully saturated rings. The van der Waals surface area contributed by atoms with Crippen LogP contribution in [0.1, 0.15) is 21.9 Å². The second kappa shape index (κ2) is 5.52. The van der Waals surface area contributed by atoms with Crippen molar-refractivity contribution < 1.29 is 8.42 Å². The van der Waals surface area contributed by atoms with Gasteiger partial charge in [-0.3, -0.25) is 0 Å². The second-order valence-electron chi connectivity index (χ2n) is 4.25. The Labute approximate surface area is 113 Å². The van der Waals surface area contributed by atoms with E-state index in [1.165, 1.54) is 0 Å². The number of rotatable bonds is 4. The Bertz CT molecular complexity index is 576. The van der Waals surface area contributed by atoms with Gasteiger partial charge in [0.25, 0.3) is 0 Å². The van der Waals surface area contributed by atoms with E-state index in [1.807, 2.05) is 0 Å². The van der Waals surface area contributed by atoms with Crippen LogP contribution in [-0.2, 0) is 9.84 Å². The Hall–Kier alpha value is -1.69. The summed E-state index contributed by atoms with van der Waals surface area (Å²) in [7, 11) is -3.69. The van der Waals surface area contributed by atoms with Crippen LogP contribution in [-0.4, -0.2) is 8.42 Å². The van der Waals surface area contributed by atoms with Crippen molar-refractivity contribution in [3.8, 4) is 0 Å². The Morgan fingerprint density at radius 1 is 0.684 bits per heavy atom. The number of hydrogen-bond acceptors (Lipinski definition) is 4. The highest BCUT2D eigenvalue weighted by molar-refractivity contribution is 7.91. The molecule has 2 unspecified atom stereocenters. The van der Waals surface area contributed by atoms with Crippen LogP contribution in [0, 0.1) is 0 Å². The molecule has 100 valence electrons. The van der Waals surface area contributed by atoms with E-state index in [-0.39, 0.29) is 0 Å². The molecule has 0 saturated carbocycles. The molecule has 0 spiro atoms. The van der Waals surface area contributed by atoms with Crippen LogP contribution in [0.3, 0.4) is 0 Å². The van der Waals surface area contributed by atoms with Crippen molar-refractivity contribution in [1.82, 2.24) is 0 Å². The fourth-order valence-electron chi connectivity index (χ4n) is 1.82. The molecule has 0 saturated heterocycles. The molecule has 0 aliphatic heterocycles. The van der Waals surface area contributed by atoms with Crippen LogP contribution >= 0.6 is 0 Å². The summed E-state index contributed by atoms with van der Waals surface area (Å²) in [6.07, 6.45) is 0. The van der Waals surface area contributed by atoms with E-state index < -0.39 is 20.6 Å². The first kappa shape index (κ1) is 13.7. The summed E-state index contributed by atoms with van der Waals surface area (Å²) >= 11 is 0. The molecule has 2 aromatic carbocycles. The first-order valence-electron chi connectivity index (χ1n) is 5.87. The smallest absolute Gasteiger partial charge is 0.190 e. The Morgan fingerprint density at radius 3 is 1.32 bits per heavy atom. The molecule has 19 heavy (non-hydrogen) atoms. The molecule has 5 heteroatoms. The normalized spacial score (nSPS) is 14.8. The summed E-state index contributed by atoms with van der Waals surface area (Å²) in [5.74, 6) is 0. The average molecular weight is 276 g/mol. The third kappa shape index (κ3) is 2.84. The largest absolute Gasteiger partial charge is 0.311 e. The zero-order chi connectivity index (χ0) is 13.9. The fraction of sp³-hybridized carbons (Fsp3) is 0.143. The molecule has 0 heterocycles. The van der Waals surface area contributed by atoms with E-state index in [0.29, 0.717) is 11.1 Å². The average Bonchev–Trinajstić information content (AvgIpc) is 2.47. The van der Waals surface area contributed by atoms with Gasteiger partial charge in [-0.05, 0) is 11.1 Å². The fourth-order valence-corrected chi connectivity index (χ4v) is 3.21. The van der Waals surface area contributed by atoms with Gasteiger partial charge in [-0.25, -0.2) is 8.42 Å². The summed E-state index contributed by atoms with van der Waals surface area (Å²) in [5, 5.41) is -2.24. The predicted molar refractivity (Wildman–Crippen MR) is 75.7 cm³/mol. The minimum absolute atomic E-state index is 0.536. The van der Waals surface area contributed by atoms with Gasteiger partial charge in [0.2, 0.25) is 0 Å². The zero-order valence-electron chi connectivity index (χ0n) is 10.3. The highest BCUT2D eigenvalue weighted by Crippen LogP contribution is 2.27. The van der Waals surface area contributed by atoms with E-state index in [0.717, 1.165) is 0 Å². The lowest BCUT2D eigenvalue weighted by atomic mass is 10.2. The maximum atomic E-state index is 12.4. The zero-order valence-corrected chi connectivity index (χ0v) is 11.1. The van der Waals surface area contributed by atoms with Gasteiger partial charge in [0, 0.05) is 0 Å². The van der Waals surface area contributed by atoms with E-state index in [9.17, 15) is 8.42 Å². The van der Waals surface area contributed by atoms with Gasteiger partial charge >= 0.3 is 0 Å². The predicted octanol–water partition coefficient (Wildman–Crippen LogP) is 1.72. The van der Waals surface area contributed by atoms with E-state index in [4.69, 9.17) is 11.5 Å². The summed E-state index contributed by atoms with van der Waals surface area (Å²) in [6.45, 7) is 0. The number of sulfone groups is 1. The first-order valence-corrected chi connectivity index (χ1v) is 7.48. The maximum Gasteiger partial charge on any atom is 0.190 e. The summed E-state index contributed by atoms with van der Waals surface area (Å²) in [6, 6.07) is 17.3. The Morgan fingerprint density at radius 2 is 1.00 bits per heavy atom. The monoisotopic (exact) mass is 276 g/mol. The van der Waals surface area contributed by atoms with E-state index in [2.05, 4.69) is 0 Å². The van der Waals surface area contributed by atoms with Crippen molar-refractivity contribution in [2.24, 2.45) is 11.5 Å². The SMILES string of the molecule is NC(c1ccccc1)S(=O)(=O)C(N)c1ccccc1. The quantitative estimate of drug-likeness (QED) is 0.890. The van der Waals surface area contributed by atoms with Crippen LogP contribution < -0.4 is 11.5 Å². The van der Waals surface area contributed by atoms with Crippen molar-refractivity contribution in [3.63, 3.8) is 0 Å². The van der Waals surface area contributed by atoms with Crippen LogP contribution in [0.5, 0.6) is 0 Å². The standard InChI is InChI=1S/C14H16N2O2S/c15-13(11-7-3-1-4-8-11)19(17,18)14(16)12-9-5-2-6-10-12/h1-10,13-14H,15-16H2. The van der Waals surface area contributed by atoms with Gasteiger partial charge in [0.1, 0.15) is 10.7 Å². The minimum atomic E-state index is -3.69. The molecule has 2 rings (SSSR count). The molecular formula is C14H16N2O2S. The maximum absolute atomic E-state index is 12.4. The summed E-state index contributed by atoms with van der Waals surface area (Å²) in [4.78, 5) is 0. The number of nitrogens with two attached hydrogens (primary N) is 2. The lowest BCUT2D eigenvalue weighted by Gasteiger charge is -2.19. The van der Waals surface area contributed by atoms with Gasteiger partial charge in [0.05, 0.1) is 0 Å². The molecule has 0 aromatic heterocycles. The third-order valence-electron chi connectivity index (χ3n) is 2.96. The van der Waals surface area contributed by atoms with Crippen LogP contribution in [0.15, 0.2) is 60.7 Å². The Kier molecular flexibility index (Phi) is 3.99. The minimum Gasteiger partial charge on any atom is -0.311 e. The van der Waals surface area contributed by atoms with Gasteiger partial charge in [0.15, 0.2) is 9.84 Å². The van der Waals surface area contributed by atoms with Crippen LogP contribution in [0.2, 0.25) is 0 Å². The molecule has 0 amide bonds. The van der Waals surface area contributed by atoms with Crippen LogP contribution in [0.4, 0.5) is 0 Å². The summed E-state index contributed by atoms with van der Waals surface area (Å²) in [5.41, 5.74) is 12.8. The van der Waals surface area contributed by atoms with Gasteiger partial charge in [-0.15, -0.1) is 0 Å². The highest BCUT2D eigenvalue weighted by atomic mass is 32.2. The van der Waals surface area contributed by atoms with Crippen molar-refractivity contribution in [2.75, 3.05) is 0 Å². The highest BCUT2D eigenvalue weighted by Gasteiger charge is 2.31. The third-order valence-corrected chi connectivity index (χ3v) is 4.92. The molecule has 4 N–H and O–H groups in total. The second-order valence-corrected chi connectivity index (χ2v) is 6.45. The molecular weight excluding hydrogens is 260 g/mol. The lowest BCUT2D eigenvalue weighted by Crippen LogP contribution is -2.31. The van der Waals surface area contributed by atoms with Gasteiger partial charge < -0.3 is 11.5 Å². The van der Waals surface area contributed by atoms with Gasteiger partial charge in [-0.2, -0.15) is 0 Å². The topological polar surface area (TPSA) is 86.2 Å². The molecule has 0 radical (unpaired) electrons. The van der Waals surface area contributed by atoms with Crippen molar-refractivity contribution >= 4 is 9.84 Å². The molecule has 0 aliphatic carbocycles. The Balaban J connectivity index is 2.33. The molecule has 2 atom stereocenters. The van der Waals surface area contributed by atoms with Crippen molar-refractivity contribution in [2.45, 2.75) is 10.7 Å². The first-order chi connectivity index (χ1) is 9.03. The molecule has 0 bridgehead atoms. The number of hydrogen-bond donors (Lipinski definition) is 2. The van der Waals surface area contributed by atoms with Crippen molar-refractivity contribution in [1.29, 1.82) is 0 Å². The van der Waals surface area contributed by atoms with E-state index >= 15 is 0 Å². The van der Waals surface area contributed by atoms with Crippen molar-refractivity contribution in [3.05, 3.63) is 71.8 Å².